The van der Waals surface area contributed by atoms with Gasteiger partial charge in [0.1, 0.15) is 0 Å². The monoisotopic (exact) mass is 413 g/mol. The van der Waals surface area contributed by atoms with Crippen LogP contribution in [-0.2, 0) is 16.1 Å². The maximum Gasteiger partial charge on any atom is 0.253 e. The first-order valence-corrected chi connectivity index (χ1v) is 10.3. The van der Waals surface area contributed by atoms with Gasteiger partial charge in [0.05, 0.1) is 24.5 Å². The van der Waals surface area contributed by atoms with Gasteiger partial charge in [-0.1, -0.05) is 23.7 Å². The molecule has 0 spiro atoms. The maximum absolute atomic E-state index is 12.9. The van der Waals surface area contributed by atoms with E-state index < -0.39 is 0 Å². The molecular formula is C22H24ClN3O3. The van der Waals surface area contributed by atoms with Gasteiger partial charge in [0.15, 0.2) is 0 Å². The number of halogens is 1. The Kier molecular flexibility index (Phi) is 6.02. The molecule has 1 heterocycles. The van der Waals surface area contributed by atoms with E-state index in [-0.39, 0.29) is 17.7 Å². The molecule has 2 aromatic rings. The quantitative estimate of drug-likeness (QED) is 0.760. The van der Waals surface area contributed by atoms with Crippen LogP contribution in [0.4, 0.5) is 11.4 Å². The molecule has 7 heteroatoms. The van der Waals surface area contributed by atoms with Crippen LogP contribution in [0.2, 0.25) is 5.02 Å². The van der Waals surface area contributed by atoms with Crippen LogP contribution < -0.4 is 15.5 Å². The topological polar surface area (TPSA) is 70.7 Å². The van der Waals surface area contributed by atoms with Crippen molar-refractivity contribution in [1.29, 1.82) is 0 Å². The second-order valence-corrected chi connectivity index (χ2v) is 7.84. The fourth-order valence-electron chi connectivity index (χ4n) is 3.34. The molecule has 0 atom stereocenters. The number of carbonyl (C=O) groups is 2. The molecule has 2 aromatic carbocycles. The van der Waals surface area contributed by atoms with Gasteiger partial charge in [-0.25, -0.2) is 0 Å². The Hall–Kier alpha value is -2.57. The zero-order valence-corrected chi connectivity index (χ0v) is 16.9. The fourth-order valence-corrected chi connectivity index (χ4v) is 3.46. The van der Waals surface area contributed by atoms with Gasteiger partial charge < -0.3 is 20.3 Å². The maximum atomic E-state index is 12.9. The molecule has 1 aliphatic carbocycles. The van der Waals surface area contributed by atoms with Crippen molar-refractivity contribution < 1.29 is 14.3 Å². The van der Waals surface area contributed by atoms with Crippen LogP contribution in [0.1, 0.15) is 28.8 Å². The minimum atomic E-state index is -0.151. The third-order valence-corrected chi connectivity index (χ3v) is 5.43. The van der Waals surface area contributed by atoms with Crippen molar-refractivity contribution in [3.8, 4) is 0 Å². The third-order valence-electron chi connectivity index (χ3n) is 5.18. The van der Waals surface area contributed by atoms with E-state index in [0.29, 0.717) is 43.4 Å². The van der Waals surface area contributed by atoms with E-state index in [1.54, 1.807) is 24.3 Å². The van der Waals surface area contributed by atoms with Crippen molar-refractivity contribution in [3.63, 3.8) is 0 Å². The molecule has 152 valence electrons. The first kappa shape index (κ1) is 19.7. The molecule has 1 aliphatic heterocycles. The first-order chi connectivity index (χ1) is 14.1. The first-order valence-electron chi connectivity index (χ1n) is 9.90. The highest BCUT2D eigenvalue weighted by Gasteiger charge is 2.30. The summed E-state index contributed by atoms with van der Waals surface area (Å²) in [6.07, 6.45) is 1.90. The Morgan fingerprint density at radius 3 is 2.48 bits per heavy atom. The van der Waals surface area contributed by atoms with Gasteiger partial charge in [0.2, 0.25) is 5.91 Å². The summed E-state index contributed by atoms with van der Waals surface area (Å²) in [5, 5.41) is 6.61. The van der Waals surface area contributed by atoms with Gasteiger partial charge in [0, 0.05) is 36.3 Å². The van der Waals surface area contributed by atoms with Crippen LogP contribution in [0.3, 0.4) is 0 Å². The van der Waals surface area contributed by atoms with Gasteiger partial charge in [-0.15, -0.1) is 0 Å². The molecule has 0 aromatic heterocycles. The molecule has 0 unspecified atom stereocenters. The van der Waals surface area contributed by atoms with Crippen molar-refractivity contribution >= 4 is 34.8 Å². The summed E-state index contributed by atoms with van der Waals surface area (Å²) in [6.45, 7) is 3.06. The molecule has 4 rings (SSSR count). The van der Waals surface area contributed by atoms with Crippen molar-refractivity contribution in [1.82, 2.24) is 5.32 Å². The number of hydrogen-bond acceptors (Lipinski definition) is 4. The molecule has 0 radical (unpaired) electrons. The normalized spacial score (nSPS) is 16.4. The predicted octanol–water partition coefficient (Wildman–Crippen LogP) is 3.46. The Labute approximate surface area is 175 Å². The Balaban J connectivity index is 1.52. The van der Waals surface area contributed by atoms with Crippen molar-refractivity contribution in [3.05, 3.63) is 58.6 Å². The van der Waals surface area contributed by atoms with Gasteiger partial charge in [-0.3, -0.25) is 9.59 Å². The second-order valence-electron chi connectivity index (χ2n) is 7.40. The number of amides is 2. The van der Waals surface area contributed by atoms with E-state index in [9.17, 15) is 9.59 Å². The van der Waals surface area contributed by atoms with Crippen LogP contribution in [0.5, 0.6) is 0 Å². The van der Waals surface area contributed by atoms with E-state index in [1.807, 2.05) is 18.2 Å². The van der Waals surface area contributed by atoms with E-state index in [1.165, 1.54) is 0 Å². The number of ether oxygens (including phenoxy) is 1. The van der Waals surface area contributed by atoms with Crippen LogP contribution in [-0.4, -0.2) is 38.1 Å². The Bertz CT molecular complexity index is 891. The molecular weight excluding hydrogens is 390 g/mol. The predicted molar refractivity (Wildman–Crippen MR) is 113 cm³/mol. The minimum Gasteiger partial charge on any atom is -0.378 e. The summed E-state index contributed by atoms with van der Waals surface area (Å²) >= 11 is 5.92. The van der Waals surface area contributed by atoms with Crippen LogP contribution in [0.15, 0.2) is 42.5 Å². The number of benzene rings is 2. The second kappa shape index (κ2) is 8.84. The number of morpholine rings is 1. The molecule has 0 bridgehead atoms. The van der Waals surface area contributed by atoms with Crippen molar-refractivity contribution in [2.75, 3.05) is 36.5 Å². The molecule has 2 amide bonds. The average Bonchev–Trinajstić information content (AvgIpc) is 3.59. The number of anilines is 2. The van der Waals surface area contributed by atoms with E-state index in [2.05, 4.69) is 15.5 Å². The lowest BCUT2D eigenvalue weighted by molar-refractivity contribution is -0.117. The van der Waals surface area contributed by atoms with E-state index >= 15 is 0 Å². The summed E-state index contributed by atoms with van der Waals surface area (Å²) in [7, 11) is 0. The zero-order chi connectivity index (χ0) is 20.2. The average molecular weight is 414 g/mol. The van der Waals surface area contributed by atoms with E-state index in [4.69, 9.17) is 16.3 Å². The van der Waals surface area contributed by atoms with Gasteiger partial charge >= 0.3 is 0 Å². The number of hydrogen-bond donors (Lipinski definition) is 2. The molecule has 2 N–H and O–H groups in total. The summed E-state index contributed by atoms with van der Waals surface area (Å²) in [6, 6.07) is 12.9. The highest BCUT2D eigenvalue weighted by molar-refractivity contribution is 6.30. The van der Waals surface area contributed by atoms with Crippen LogP contribution >= 0.6 is 11.6 Å². The zero-order valence-electron chi connectivity index (χ0n) is 16.1. The van der Waals surface area contributed by atoms with Gasteiger partial charge in [0.25, 0.3) is 5.91 Å². The smallest absolute Gasteiger partial charge is 0.253 e. The Morgan fingerprint density at radius 2 is 1.79 bits per heavy atom. The molecule has 2 aliphatic rings. The standard InChI is InChI=1S/C22H24ClN3O3/c23-17-5-1-15(2-6-17)14-24-22(28)19-8-7-18(25-21(27)16-3-4-16)13-20(19)26-9-11-29-12-10-26/h1-2,5-8,13,16H,3-4,9-12,14H2,(H,24,28)(H,25,27). The lowest BCUT2D eigenvalue weighted by Gasteiger charge is -2.30. The van der Waals surface area contributed by atoms with Crippen molar-refractivity contribution in [2.45, 2.75) is 19.4 Å². The summed E-state index contributed by atoms with van der Waals surface area (Å²) in [5.41, 5.74) is 3.10. The van der Waals surface area contributed by atoms with Crippen LogP contribution in [0, 0.1) is 5.92 Å². The Morgan fingerprint density at radius 1 is 1.07 bits per heavy atom. The minimum absolute atomic E-state index is 0.0536. The molecule has 1 saturated carbocycles. The fraction of sp³-hybridized carbons (Fsp3) is 0.364. The van der Waals surface area contributed by atoms with Crippen molar-refractivity contribution in [2.24, 2.45) is 5.92 Å². The van der Waals surface area contributed by atoms with Crippen LogP contribution in [0.25, 0.3) is 0 Å². The lowest BCUT2D eigenvalue weighted by atomic mass is 10.1. The lowest BCUT2D eigenvalue weighted by Crippen LogP contribution is -2.38. The highest BCUT2D eigenvalue weighted by atomic mass is 35.5. The molecule has 1 saturated heterocycles. The number of nitrogens with zero attached hydrogens (tertiary/aromatic N) is 1. The molecule has 6 nitrogen and oxygen atoms in total. The number of nitrogens with one attached hydrogen (secondary N) is 2. The SMILES string of the molecule is O=C(NCc1ccc(Cl)cc1)c1ccc(NC(=O)C2CC2)cc1N1CCOCC1. The third kappa shape index (κ3) is 5.08. The largest absolute Gasteiger partial charge is 0.378 e. The number of rotatable bonds is 6. The summed E-state index contributed by atoms with van der Waals surface area (Å²) in [5.74, 6) is 0.0311. The van der Waals surface area contributed by atoms with Gasteiger partial charge in [-0.05, 0) is 48.7 Å². The summed E-state index contributed by atoms with van der Waals surface area (Å²) < 4.78 is 5.45. The summed E-state index contributed by atoms with van der Waals surface area (Å²) in [4.78, 5) is 27.2. The number of carbonyl (C=O) groups excluding carboxylic acids is 2. The molecule has 29 heavy (non-hydrogen) atoms. The van der Waals surface area contributed by atoms with E-state index in [0.717, 1.165) is 29.8 Å². The highest BCUT2D eigenvalue weighted by Crippen LogP contribution is 2.31. The van der Waals surface area contributed by atoms with Gasteiger partial charge in [-0.2, -0.15) is 0 Å². The molecule has 2 fully saturated rings.